The molecule has 1 atom stereocenters. The summed E-state index contributed by atoms with van der Waals surface area (Å²) >= 11 is 0. The highest BCUT2D eigenvalue weighted by molar-refractivity contribution is 5.87. The van der Waals surface area contributed by atoms with E-state index in [1.807, 2.05) is 30.0 Å². The molecule has 1 unspecified atom stereocenters. The number of carbonyl (C=O) groups is 2. The minimum atomic E-state index is -0.334. The van der Waals surface area contributed by atoms with Crippen LogP contribution in [0.1, 0.15) is 32.6 Å². The normalized spacial score (nSPS) is 20.7. The van der Waals surface area contributed by atoms with Crippen LogP contribution in [-0.2, 0) is 9.59 Å². The Bertz CT molecular complexity index is 567. The predicted molar refractivity (Wildman–Crippen MR) is 94.9 cm³/mol. The summed E-state index contributed by atoms with van der Waals surface area (Å²) in [5, 5.41) is 0. The van der Waals surface area contributed by atoms with Gasteiger partial charge in [-0.25, -0.2) is 0 Å². The summed E-state index contributed by atoms with van der Waals surface area (Å²) in [7, 11) is 0. The molecule has 130 valence electrons. The van der Waals surface area contributed by atoms with Crippen molar-refractivity contribution in [1.82, 2.24) is 9.80 Å². The standard InChI is InChI=1S/C19H27N3O2/c1-16(22-11-7-3-6-10-18(22)23)19(24)21-14-12-20(13-15-21)17-8-4-2-5-9-17/h2,4-5,8-9,16H,3,6-7,10-15H2,1H3. The van der Waals surface area contributed by atoms with Gasteiger partial charge in [0.05, 0.1) is 0 Å². The first-order valence-electron chi connectivity index (χ1n) is 9.05. The molecule has 0 saturated carbocycles. The SMILES string of the molecule is CC(C(=O)N1CCN(c2ccccc2)CC1)N1CCCCCC1=O. The smallest absolute Gasteiger partial charge is 0.245 e. The number of hydrogen-bond donors (Lipinski definition) is 0. The third-order valence-corrected chi connectivity index (χ3v) is 5.15. The van der Waals surface area contributed by atoms with Crippen molar-refractivity contribution in [2.75, 3.05) is 37.6 Å². The molecule has 2 aliphatic heterocycles. The van der Waals surface area contributed by atoms with Crippen LogP contribution in [-0.4, -0.2) is 60.4 Å². The maximum absolute atomic E-state index is 12.8. The van der Waals surface area contributed by atoms with Crippen molar-refractivity contribution in [3.05, 3.63) is 30.3 Å². The molecule has 0 radical (unpaired) electrons. The van der Waals surface area contributed by atoms with Gasteiger partial charge in [0.1, 0.15) is 6.04 Å². The molecule has 1 aromatic rings. The van der Waals surface area contributed by atoms with Crippen LogP contribution in [0.15, 0.2) is 30.3 Å². The Morgan fingerprint density at radius 3 is 2.38 bits per heavy atom. The van der Waals surface area contributed by atoms with Crippen molar-refractivity contribution in [2.45, 2.75) is 38.6 Å². The summed E-state index contributed by atoms with van der Waals surface area (Å²) in [6.45, 7) is 5.73. The lowest BCUT2D eigenvalue weighted by atomic mass is 10.2. The van der Waals surface area contributed by atoms with Crippen molar-refractivity contribution in [3.63, 3.8) is 0 Å². The molecule has 3 rings (SSSR count). The molecule has 2 aliphatic rings. The van der Waals surface area contributed by atoms with E-state index in [1.165, 1.54) is 5.69 Å². The van der Waals surface area contributed by atoms with E-state index in [0.29, 0.717) is 6.42 Å². The molecule has 0 bridgehead atoms. The van der Waals surface area contributed by atoms with E-state index in [2.05, 4.69) is 17.0 Å². The van der Waals surface area contributed by atoms with Crippen molar-refractivity contribution < 1.29 is 9.59 Å². The molecular formula is C19H27N3O2. The summed E-state index contributed by atoms with van der Waals surface area (Å²) in [6.07, 6.45) is 3.62. The van der Waals surface area contributed by atoms with E-state index < -0.39 is 0 Å². The highest BCUT2D eigenvalue weighted by Crippen LogP contribution is 2.18. The fraction of sp³-hybridized carbons (Fsp3) is 0.579. The first-order chi connectivity index (χ1) is 11.7. The van der Waals surface area contributed by atoms with Gasteiger partial charge in [0.2, 0.25) is 11.8 Å². The van der Waals surface area contributed by atoms with Crippen molar-refractivity contribution in [2.24, 2.45) is 0 Å². The molecule has 1 aromatic carbocycles. The Hall–Kier alpha value is -2.04. The third kappa shape index (κ3) is 3.71. The van der Waals surface area contributed by atoms with Crippen molar-refractivity contribution >= 4 is 17.5 Å². The van der Waals surface area contributed by atoms with E-state index in [9.17, 15) is 9.59 Å². The minimum absolute atomic E-state index is 0.0953. The lowest BCUT2D eigenvalue weighted by Crippen LogP contribution is -2.55. The van der Waals surface area contributed by atoms with E-state index >= 15 is 0 Å². The number of piperazine rings is 1. The number of benzene rings is 1. The van der Waals surface area contributed by atoms with E-state index in [4.69, 9.17) is 0 Å². The maximum atomic E-state index is 12.8. The summed E-state index contributed by atoms with van der Waals surface area (Å²) < 4.78 is 0. The predicted octanol–water partition coefficient (Wildman–Crippen LogP) is 2.13. The Balaban J connectivity index is 1.57. The molecule has 2 fully saturated rings. The van der Waals surface area contributed by atoms with Gasteiger partial charge in [-0.15, -0.1) is 0 Å². The van der Waals surface area contributed by atoms with Crippen LogP contribution >= 0.6 is 0 Å². The highest BCUT2D eigenvalue weighted by Gasteiger charge is 2.31. The lowest BCUT2D eigenvalue weighted by Gasteiger charge is -2.39. The van der Waals surface area contributed by atoms with Gasteiger partial charge in [0.15, 0.2) is 0 Å². The Kier molecular flexibility index (Phi) is 5.38. The first-order valence-corrected chi connectivity index (χ1v) is 9.05. The van der Waals surface area contributed by atoms with E-state index in [-0.39, 0.29) is 17.9 Å². The fourth-order valence-corrected chi connectivity index (χ4v) is 3.63. The summed E-state index contributed by atoms with van der Waals surface area (Å²) in [6, 6.07) is 9.98. The van der Waals surface area contributed by atoms with Crippen LogP contribution < -0.4 is 4.90 Å². The summed E-state index contributed by atoms with van der Waals surface area (Å²) in [4.78, 5) is 31.1. The number of anilines is 1. The zero-order chi connectivity index (χ0) is 16.9. The Morgan fingerprint density at radius 1 is 0.958 bits per heavy atom. The molecule has 5 nitrogen and oxygen atoms in total. The zero-order valence-electron chi connectivity index (χ0n) is 14.5. The third-order valence-electron chi connectivity index (χ3n) is 5.15. The van der Waals surface area contributed by atoms with Crippen molar-refractivity contribution in [3.8, 4) is 0 Å². The van der Waals surface area contributed by atoms with Crippen LogP contribution in [0.25, 0.3) is 0 Å². The lowest BCUT2D eigenvalue weighted by molar-refractivity contribution is -0.145. The van der Waals surface area contributed by atoms with Crippen molar-refractivity contribution in [1.29, 1.82) is 0 Å². The number of nitrogens with zero attached hydrogens (tertiary/aromatic N) is 3. The van der Waals surface area contributed by atoms with Gasteiger partial charge in [-0.1, -0.05) is 24.6 Å². The molecular weight excluding hydrogens is 302 g/mol. The van der Waals surface area contributed by atoms with Gasteiger partial charge in [-0.3, -0.25) is 9.59 Å². The van der Waals surface area contributed by atoms with E-state index in [1.54, 1.807) is 4.90 Å². The Morgan fingerprint density at radius 2 is 1.67 bits per heavy atom. The van der Waals surface area contributed by atoms with Crippen LogP contribution in [0, 0.1) is 0 Å². The van der Waals surface area contributed by atoms with Gasteiger partial charge in [-0.05, 0) is 31.9 Å². The average molecular weight is 329 g/mol. The molecule has 0 N–H and O–H groups in total. The van der Waals surface area contributed by atoms with Gasteiger partial charge < -0.3 is 14.7 Å². The molecule has 2 saturated heterocycles. The monoisotopic (exact) mass is 329 g/mol. The largest absolute Gasteiger partial charge is 0.368 e. The van der Waals surface area contributed by atoms with E-state index in [0.717, 1.165) is 52.0 Å². The second-order valence-corrected chi connectivity index (χ2v) is 6.72. The van der Waals surface area contributed by atoms with Crippen LogP contribution in [0.5, 0.6) is 0 Å². The van der Waals surface area contributed by atoms with Gasteiger partial charge in [0, 0.05) is 44.8 Å². The second kappa shape index (κ2) is 7.69. The quantitative estimate of drug-likeness (QED) is 0.853. The number of amides is 2. The first kappa shape index (κ1) is 16.8. The molecule has 0 aromatic heterocycles. The summed E-state index contributed by atoms with van der Waals surface area (Å²) in [5.74, 6) is 0.231. The van der Waals surface area contributed by atoms with Crippen LogP contribution in [0.2, 0.25) is 0 Å². The van der Waals surface area contributed by atoms with Gasteiger partial charge >= 0.3 is 0 Å². The molecule has 2 heterocycles. The fourth-order valence-electron chi connectivity index (χ4n) is 3.63. The van der Waals surface area contributed by atoms with Gasteiger partial charge in [0.25, 0.3) is 0 Å². The maximum Gasteiger partial charge on any atom is 0.245 e. The minimum Gasteiger partial charge on any atom is -0.368 e. The number of likely N-dealkylation sites (tertiary alicyclic amines) is 1. The number of rotatable bonds is 3. The molecule has 5 heteroatoms. The Labute approximate surface area is 144 Å². The van der Waals surface area contributed by atoms with Gasteiger partial charge in [-0.2, -0.15) is 0 Å². The number of hydrogen-bond acceptors (Lipinski definition) is 3. The summed E-state index contributed by atoms with van der Waals surface area (Å²) in [5.41, 5.74) is 1.21. The second-order valence-electron chi connectivity index (χ2n) is 6.72. The molecule has 24 heavy (non-hydrogen) atoms. The number of para-hydroxylation sites is 1. The molecule has 0 spiro atoms. The van der Waals surface area contributed by atoms with Crippen LogP contribution in [0.4, 0.5) is 5.69 Å². The molecule has 2 amide bonds. The van der Waals surface area contributed by atoms with Crippen LogP contribution in [0.3, 0.4) is 0 Å². The number of carbonyl (C=O) groups excluding carboxylic acids is 2. The topological polar surface area (TPSA) is 43.9 Å². The average Bonchev–Trinajstić information content (AvgIpc) is 2.86. The zero-order valence-corrected chi connectivity index (χ0v) is 14.5. The highest BCUT2D eigenvalue weighted by atomic mass is 16.2. The molecule has 0 aliphatic carbocycles.